The summed E-state index contributed by atoms with van der Waals surface area (Å²) >= 11 is 0. The van der Waals surface area contributed by atoms with E-state index in [2.05, 4.69) is 16.4 Å². The third-order valence-corrected chi connectivity index (χ3v) is 2.54. The second-order valence-electron chi connectivity index (χ2n) is 3.28. The van der Waals surface area contributed by atoms with Gasteiger partial charge in [0, 0.05) is 12.2 Å². The number of nitrogens with zero attached hydrogens (tertiary/aromatic N) is 1. The molecule has 2 nitrogen and oxygen atoms in total. The first-order valence-electron chi connectivity index (χ1n) is 4.53. The third kappa shape index (κ3) is 1.23. The summed E-state index contributed by atoms with van der Waals surface area (Å²) in [4.78, 5) is 4.41. The molecule has 1 atom stereocenters. The van der Waals surface area contributed by atoms with Gasteiger partial charge in [0.25, 0.3) is 0 Å². The van der Waals surface area contributed by atoms with Crippen molar-refractivity contribution in [2.45, 2.75) is 25.3 Å². The molecule has 0 saturated carbocycles. The number of pyridine rings is 1. The molecule has 2 heteroatoms. The molecule has 2 rings (SSSR count). The maximum atomic E-state index is 4.41. The minimum Gasteiger partial charge on any atom is -0.312 e. The Morgan fingerprint density at radius 1 is 1.58 bits per heavy atom. The topological polar surface area (TPSA) is 24.9 Å². The number of aromatic nitrogens is 1. The lowest BCUT2D eigenvalue weighted by molar-refractivity contribution is 0.483. The normalized spacial score (nSPS) is 21.9. The molecule has 0 fully saturated rings. The van der Waals surface area contributed by atoms with Gasteiger partial charge in [-0.15, -0.1) is 0 Å². The molecule has 0 aliphatic heterocycles. The lowest BCUT2D eigenvalue weighted by atomic mass is 9.92. The second kappa shape index (κ2) is 3.23. The van der Waals surface area contributed by atoms with Crippen LogP contribution in [0.25, 0.3) is 0 Å². The quantitative estimate of drug-likeness (QED) is 0.679. The molecule has 0 aromatic carbocycles. The van der Waals surface area contributed by atoms with Gasteiger partial charge in [-0.2, -0.15) is 0 Å². The number of aryl methyl sites for hydroxylation is 1. The van der Waals surface area contributed by atoms with Crippen LogP contribution in [0.15, 0.2) is 18.3 Å². The molecule has 0 saturated heterocycles. The van der Waals surface area contributed by atoms with Crippen molar-refractivity contribution in [2.75, 3.05) is 7.05 Å². The highest BCUT2D eigenvalue weighted by molar-refractivity contribution is 5.25. The zero-order valence-electron chi connectivity index (χ0n) is 7.38. The minimum absolute atomic E-state index is 0.481. The Kier molecular flexibility index (Phi) is 2.09. The summed E-state index contributed by atoms with van der Waals surface area (Å²) in [7, 11) is 2.01. The van der Waals surface area contributed by atoms with Crippen LogP contribution in [0, 0.1) is 0 Å². The van der Waals surface area contributed by atoms with E-state index < -0.39 is 0 Å². The summed E-state index contributed by atoms with van der Waals surface area (Å²) in [6.45, 7) is 0. The first kappa shape index (κ1) is 7.74. The molecular weight excluding hydrogens is 148 g/mol. The van der Waals surface area contributed by atoms with Gasteiger partial charge in [0.15, 0.2) is 0 Å². The summed E-state index contributed by atoms with van der Waals surface area (Å²) in [6, 6.07) is 4.69. The average Bonchev–Trinajstić information content (AvgIpc) is 2.17. The molecule has 0 bridgehead atoms. The van der Waals surface area contributed by atoms with E-state index in [0.717, 1.165) is 0 Å². The van der Waals surface area contributed by atoms with E-state index in [4.69, 9.17) is 0 Å². The largest absolute Gasteiger partial charge is 0.312 e. The Balaban J connectivity index is 2.37. The molecule has 64 valence electrons. The van der Waals surface area contributed by atoms with Gasteiger partial charge in [-0.1, -0.05) is 6.07 Å². The first-order chi connectivity index (χ1) is 5.92. The number of rotatable bonds is 1. The van der Waals surface area contributed by atoms with Crippen molar-refractivity contribution in [3.05, 3.63) is 29.6 Å². The minimum atomic E-state index is 0.481. The predicted octanol–water partition coefficient (Wildman–Crippen LogP) is 1.68. The van der Waals surface area contributed by atoms with Crippen LogP contribution in [-0.4, -0.2) is 12.0 Å². The zero-order chi connectivity index (χ0) is 8.39. The highest BCUT2D eigenvalue weighted by Crippen LogP contribution is 2.26. The summed E-state index contributed by atoms with van der Waals surface area (Å²) in [5.41, 5.74) is 2.68. The fourth-order valence-electron chi connectivity index (χ4n) is 1.89. The van der Waals surface area contributed by atoms with Crippen LogP contribution in [0.2, 0.25) is 0 Å². The first-order valence-corrected chi connectivity index (χ1v) is 4.53. The number of nitrogens with one attached hydrogen (secondary N) is 1. The van der Waals surface area contributed by atoms with Crippen molar-refractivity contribution in [3.63, 3.8) is 0 Å². The van der Waals surface area contributed by atoms with Gasteiger partial charge in [-0.25, -0.2) is 0 Å². The Morgan fingerprint density at radius 2 is 2.50 bits per heavy atom. The summed E-state index contributed by atoms with van der Waals surface area (Å²) < 4.78 is 0. The van der Waals surface area contributed by atoms with Crippen molar-refractivity contribution < 1.29 is 0 Å². The zero-order valence-corrected chi connectivity index (χ0v) is 7.38. The van der Waals surface area contributed by atoms with Crippen LogP contribution < -0.4 is 5.32 Å². The van der Waals surface area contributed by atoms with E-state index >= 15 is 0 Å². The highest BCUT2D eigenvalue weighted by atomic mass is 14.9. The standard InChI is InChI=1S/C10H14N2/c1-11-9-6-2-4-8-5-3-7-12-10(8)9/h3,5,7,9,11H,2,4,6H2,1H3. The molecular formula is C10H14N2. The Hall–Kier alpha value is -0.890. The summed E-state index contributed by atoms with van der Waals surface area (Å²) in [5, 5.41) is 3.30. The van der Waals surface area contributed by atoms with E-state index in [0.29, 0.717) is 6.04 Å². The molecule has 1 aliphatic carbocycles. The lowest BCUT2D eigenvalue weighted by Crippen LogP contribution is -2.22. The van der Waals surface area contributed by atoms with Crippen LogP contribution in [-0.2, 0) is 6.42 Å². The van der Waals surface area contributed by atoms with Crippen molar-refractivity contribution in [2.24, 2.45) is 0 Å². The van der Waals surface area contributed by atoms with Gasteiger partial charge in [0.2, 0.25) is 0 Å². The molecule has 1 unspecified atom stereocenters. The summed E-state index contributed by atoms with van der Waals surface area (Å²) in [6.07, 6.45) is 5.58. The Bertz CT molecular complexity index is 270. The van der Waals surface area contributed by atoms with E-state index in [1.807, 2.05) is 19.3 Å². The Labute approximate surface area is 73.0 Å². The van der Waals surface area contributed by atoms with Crippen molar-refractivity contribution >= 4 is 0 Å². The van der Waals surface area contributed by atoms with Crippen molar-refractivity contribution in [1.29, 1.82) is 0 Å². The Morgan fingerprint density at radius 3 is 3.33 bits per heavy atom. The molecule has 1 heterocycles. The monoisotopic (exact) mass is 162 g/mol. The molecule has 1 aromatic heterocycles. The van der Waals surface area contributed by atoms with Crippen molar-refractivity contribution in [1.82, 2.24) is 10.3 Å². The molecule has 12 heavy (non-hydrogen) atoms. The van der Waals surface area contributed by atoms with Gasteiger partial charge in [0.1, 0.15) is 0 Å². The van der Waals surface area contributed by atoms with E-state index in [-0.39, 0.29) is 0 Å². The van der Waals surface area contributed by atoms with Gasteiger partial charge in [0.05, 0.1) is 5.69 Å². The fourth-order valence-corrected chi connectivity index (χ4v) is 1.89. The predicted molar refractivity (Wildman–Crippen MR) is 49.0 cm³/mol. The molecule has 1 aromatic rings. The van der Waals surface area contributed by atoms with E-state index in [9.17, 15) is 0 Å². The van der Waals surface area contributed by atoms with E-state index in [1.54, 1.807) is 0 Å². The lowest BCUT2D eigenvalue weighted by Gasteiger charge is -2.23. The van der Waals surface area contributed by atoms with Gasteiger partial charge in [-0.3, -0.25) is 4.98 Å². The molecule has 1 aliphatic rings. The summed E-state index contributed by atoms with van der Waals surface area (Å²) in [5.74, 6) is 0. The second-order valence-corrected chi connectivity index (χ2v) is 3.28. The molecule has 0 radical (unpaired) electrons. The fraction of sp³-hybridized carbons (Fsp3) is 0.500. The van der Waals surface area contributed by atoms with Crippen LogP contribution in [0.5, 0.6) is 0 Å². The average molecular weight is 162 g/mol. The number of hydrogen-bond donors (Lipinski definition) is 1. The molecule has 0 spiro atoms. The maximum absolute atomic E-state index is 4.41. The van der Waals surface area contributed by atoms with Crippen LogP contribution in [0.3, 0.4) is 0 Å². The van der Waals surface area contributed by atoms with Crippen molar-refractivity contribution in [3.8, 4) is 0 Å². The van der Waals surface area contributed by atoms with Gasteiger partial charge >= 0.3 is 0 Å². The smallest absolute Gasteiger partial charge is 0.0604 e. The van der Waals surface area contributed by atoms with Gasteiger partial charge < -0.3 is 5.32 Å². The van der Waals surface area contributed by atoms with Crippen LogP contribution >= 0.6 is 0 Å². The number of fused-ring (bicyclic) bond motifs is 1. The van der Waals surface area contributed by atoms with Gasteiger partial charge in [-0.05, 0) is 37.9 Å². The third-order valence-electron chi connectivity index (χ3n) is 2.54. The van der Waals surface area contributed by atoms with Crippen LogP contribution in [0.1, 0.15) is 30.1 Å². The highest BCUT2D eigenvalue weighted by Gasteiger charge is 2.18. The maximum Gasteiger partial charge on any atom is 0.0604 e. The van der Waals surface area contributed by atoms with E-state index in [1.165, 1.54) is 30.5 Å². The van der Waals surface area contributed by atoms with Crippen LogP contribution in [0.4, 0.5) is 0 Å². The number of hydrogen-bond acceptors (Lipinski definition) is 2. The molecule has 1 N–H and O–H groups in total. The molecule has 0 amide bonds. The SMILES string of the molecule is CNC1CCCc2cccnc21.